The highest BCUT2D eigenvalue weighted by atomic mass is 35.5. The van der Waals surface area contributed by atoms with Crippen molar-refractivity contribution in [2.45, 2.75) is 6.54 Å². The van der Waals surface area contributed by atoms with Crippen LogP contribution in [-0.4, -0.2) is 16.2 Å². The third-order valence-corrected chi connectivity index (χ3v) is 4.61. The molecule has 0 unspecified atom stereocenters. The number of para-hydroxylation sites is 1. The van der Waals surface area contributed by atoms with Crippen molar-refractivity contribution < 1.29 is 9.13 Å². The highest BCUT2D eigenvalue weighted by Gasteiger charge is 2.13. The van der Waals surface area contributed by atoms with Crippen molar-refractivity contribution >= 4 is 22.5 Å². The Labute approximate surface area is 165 Å². The standard InChI is InChI=1S/C22H16ClFN2O2/c23-16-7-5-15(6-8-16)21-25-20-4-2-1-3-19(20)22(27)26(21)13-14-28-18-11-9-17(24)10-12-18/h1-12H,13-14H2. The van der Waals surface area contributed by atoms with Crippen molar-refractivity contribution in [2.75, 3.05) is 6.61 Å². The summed E-state index contributed by atoms with van der Waals surface area (Å²) in [5.41, 5.74) is 1.28. The fourth-order valence-corrected chi connectivity index (χ4v) is 3.11. The van der Waals surface area contributed by atoms with Gasteiger partial charge in [-0.1, -0.05) is 23.7 Å². The number of nitrogens with zero attached hydrogens (tertiary/aromatic N) is 2. The topological polar surface area (TPSA) is 44.1 Å². The number of ether oxygens (including phenoxy) is 1. The van der Waals surface area contributed by atoms with Gasteiger partial charge in [-0.25, -0.2) is 9.37 Å². The second-order valence-corrected chi connectivity index (χ2v) is 6.66. The molecule has 6 heteroatoms. The molecule has 0 amide bonds. The fourth-order valence-electron chi connectivity index (χ4n) is 2.98. The molecule has 1 heterocycles. The molecule has 0 aliphatic carbocycles. The Hall–Kier alpha value is -3.18. The van der Waals surface area contributed by atoms with E-state index >= 15 is 0 Å². The molecule has 4 rings (SSSR count). The number of benzene rings is 3. The van der Waals surface area contributed by atoms with Crippen LogP contribution in [0.15, 0.2) is 77.6 Å². The summed E-state index contributed by atoms with van der Waals surface area (Å²) >= 11 is 5.99. The molecule has 28 heavy (non-hydrogen) atoms. The Balaban J connectivity index is 1.71. The van der Waals surface area contributed by atoms with Crippen LogP contribution >= 0.6 is 11.6 Å². The molecule has 0 aliphatic heterocycles. The molecular formula is C22H16ClFN2O2. The lowest BCUT2D eigenvalue weighted by molar-refractivity contribution is 0.296. The van der Waals surface area contributed by atoms with Crippen molar-refractivity contribution in [3.63, 3.8) is 0 Å². The number of halogens is 2. The maximum Gasteiger partial charge on any atom is 0.261 e. The van der Waals surface area contributed by atoms with Gasteiger partial charge in [-0.15, -0.1) is 0 Å². The lowest BCUT2D eigenvalue weighted by atomic mass is 10.2. The molecular weight excluding hydrogens is 379 g/mol. The molecule has 0 N–H and O–H groups in total. The molecule has 0 fully saturated rings. The molecule has 0 saturated carbocycles. The van der Waals surface area contributed by atoms with Gasteiger partial charge in [0, 0.05) is 10.6 Å². The fraction of sp³-hybridized carbons (Fsp3) is 0.0909. The van der Waals surface area contributed by atoms with Crippen LogP contribution in [0.2, 0.25) is 5.02 Å². The number of aromatic nitrogens is 2. The summed E-state index contributed by atoms with van der Waals surface area (Å²) in [4.78, 5) is 17.8. The summed E-state index contributed by atoms with van der Waals surface area (Å²) in [5.74, 6) is 0.756. The second kappa shape index (κ2) is 7.82. The van der Waals surface area contributed by atoms with Crippen molar-refractivity contribution in [3.05, 3.63) is 94.0 Å². The Kier molecular flexibility index (Phi) is 5.08. The highest BCUT2D eigenvalue weighted by Crippen LogP contribution is 2.21. The predicted molar refractivity (Wildman–Crippen MR) is 108 cm³/mol. The second-order valence-electron chi connectivity index (χ2n) is 6.22. The van der Waals surface area contributed by atoms with E-state index in [2.05, 4.69) is 4.98 Å². The first-order chi connectivity index (χ1) is 13.6. The average Bonchev–Trinajstić information content (AvgIpc) is 2.71. The van der Waals surface area contributed by atoms with Gasteiger partial charge in [0.15, 0.2) is 0 Å². The predicted octanol–water partition coefficient (Wildman–Crippen LogP) is 4.94. The number of rotatable bonds is 5. The average molecular weight is 395 g/mol. The number of hydrogen-bond acceptors (Lipinski definition) is 3. The third kappa shape index (κ3) is 3.75. The van der Waals surface area contributed by atoms with Crippen molar-refractivity contribution in [1.29, 1.82) is 0 Å². The first-order valence-corrected chi connectivity index (χ1v) is 9.13. The van der Waals surface area contributed by atoms with Gasteiger partial charge >= 0.3 is 0 Å². The van der Waals surface area contributed by atoms with E-state index in [0.717, 1.165) is 5.56 Å². The van der Waals surface area contributed by atoms with Crippen LogP contribution < -0.4 is 10.3 Å². The van der Waals surface area contributed by atoms with Crippen LogP contribution in [0, 0.1) is 5.82 Å². The van der Waals surface area contributed by atoms with E-state index in [-0.39, 0.29) is 18.0 Å². The van der Waals surface area contributed by atoms with E-state index < -0.39 is 0 Å². The first-order valence-electron chi connectivity index (χ1n) is 8.76. The summed E-state index contributed by atoms with van der Waals surface area (Å²) in [6.45, 7) is 0.540. The smallest absolute Gasteiger partial charge is 0.261 e. The molecule has 0 radical (unpaired) electrons. The van der Waals surface area contributed by atoms with Crippen molar-refractivity contribution in [2.24, 2.45) is 0 Å². The summed E-state index contributed by atoms with van der Waals surface area (Å²) in [6.07, 6.45) is 0. The Morgan fingerprint density at radius 1 is 0.964 bits per heavy atom. The van der Waals surface area contributed by atoms with Gasteiger partial charge in [-0.3, -0.25) is 9.36 Å². The quantitative estimate of drug-likeness (QED) is 0.482. The molecule has 1 aromatic heterocycles. The Morgan fingerprint density at radius 2 is 1.68 bits per heavy atom. The van der Waals surface area contributed by atoms with Gasteiger partial charge in [-0.2, -0.15) is 0 Å². The van der Waals surface area contributed by atoms with Gasteiger partial charge in [0.05, 0.1) is 17.4 Å². The summed E-state index contributed by atoms with van der Waals surface area (Å²) in [6, 6.07) is 20.2. The van der Waals surface area contributed by atoms with Gasteiger partial charge in [-0.05, 0) is 60.7 Å². The molecule has 0 bridgehead atoms. The normalized spacial score (nSPS) is 10.9. The highest BCUT2D eigenvalue weighted by molar-refractivity contribution is 6.30. The van der Waals surface area contributed by atoms with Crippen LogP contribution in [0.4, 0.5) is 4.39 Å². The van der Waals surface area contributed by atoms with E-state index in [9.17, 15) is 9.18 Å². The van der Waals surface area contributed by atoms with E-state index in [1.54, 1.807) is 34.9 Å². The number of hydrogen-bond donors (Lipinski definition) is 0. The van der Waals surface area contributed by atoms with Gasteiger partial charge in [0.2, 0.25) is 0 Å². The molecule has 3 aromatic carbocycles. The zero-order valence-electron chi connectivity index (χ0n) is 14.8. The summed E-state index contributed by atoms with van der Waals surface area (Å²) in [7, 11) is 0. The zero-order chi connectivity index (χ0) is 19.5. The van der Waals surface area contributed by atoms with E-state index in [4.69, 9.17) is 16.3 Å². The zero-order valence-corrected chi connectivity index (χ0v) is 15.6. The van der Waals surface area contributed by atoms with Crippen LogP contribution in [0.1, 0.15) is 0 Å². The van der Waals surface area contributed by atoms with E-state index in [1.807, 2.05) is 30.3 Å². The molecule has 0 spiro atoms. The largest absolute Gasteiger partial charge is 0.492 e. The Morgan fingerprint density at radius 3 is 2.43 bits per heavy atom. The number of fused-ring (bicyclic) bond motifs is 1. The van der Waals surface area contributed by atoms with E-state index in [1.165, 1.54) is 12.1 Å². The van der Waals surface area contributed by atoms with Gasteiger partial charge < -0.3 is 4.74 Å². The maximum absolute atomic E-state index is 13.1. The third-order valence-electron chi connectivity index (χ3n) is 4.36. The summed E-state index contributed by atoms with van der Waals surface area (Å²) < 4.78 is 20.3. The van der Waals surface area contributed by atoms with Gasteiger partial charge in [0.25, 0.3) is 5.56 Å². The maximum atomic E-state index is 13.1. The van der Waals surface area contributed by atoms with Crippen molar-refractivity contribution in [1.82, 2.24) is 9.55 Å². The monoisotopic (exact) mass is 394 g/mol. The lowest BCUT2D eigenvalue weighted by Crippen LogP contribution is -2.26. The molecule has 0 saturated heterocycles. The molecule has 0 atom stereocenters. The van der Waals surface area contributed by atoms with E-state index in [0.29, 0.717) is 34.0 Å². The van der Waals surface area contributed by atoms with Crippen LogP contribution in [0.3, 0.4) is 0 Å². The van der Waals surface area contributed by atoms with Crippen LogP contribution in [-0.2, 0) is 6.54 Å². The molecule has 4 nitrogen and oxygen atoms in total. The Bertz CT molecular complexity index is 1170. The first kappa shape index (κ1) is 18.2. The van der Waals surface area contributed by atoms with Crippen LogP contribution in [0.5, 0.6) is 5.75 Å². The SMILES string of the molecule is O=c1c2ccccc2nc(-c2ccc(Cl)cc2)n1CCOc1ccc(F)cc1. The minimum atomic E-state index is -0.327. The lowest BCUT2D eigenvalue weighted by Gasteiger charge is -2.14. The van der Waals surface area contributed by atoms with Gasteiger partial charge in [0.1, 0.15) is 24.0 Å². The molecule has 4 aromatic rings. The molecule has 0 aliphatic rings. The minimum absolute atomic E-state index is 0.141. The summed E-state index contributed by atoms with van der Waals surface area (Å²) in [5, 5.41) is 1.15. The minimum Gasteiger partial charge on any atom is -0.492 e. The van der Waals surface area contributed by atoms with Crippen molar-refractivity contribution in [3.8, 4) is 17.1 Å². The van der Waals surface area contributed by atoms with Crippen LogP contribution in [0.25, 0.3) is 22.3 Å². The molecule has 140 valence electrons.